The Kier molecular flexibility index (Phi) is 8.54. The number of ether oxygens (including phenoxy) is 1. The van der Waals surface area contributed by atoms with Gasteiger partial charge in [-0.05, 0) is 12.1 Å². The van der Waals surface area contributed by atoms with Crippen LogP contribution in [0.4, 0.5) is 5.69 Å². The highest BCUT2D eigenvalue weighted by molar-refractivity contribution is 5.93. The molecule has 0 radical (unpaired) electrons. The molecular formula is C15H20ClN5O4. The largest absolute Gasteiger partial charge is 0.383 e. The highest BCUT2D eigenvalue weighted by Crippen LogP contribution is 2.15. The highest BCUT2D eigenvalue weighted by atomic mass is 35.5. The van der Waals surface area contributed by atoms with Crippen LogP contribution in [-0.4, -0.2) is 54.0 Å². The van der Waals surface area contributed by atoms with Gasteiger partial charge in [0.2, 0.25) is 0 Å². The zero-order valence-corrected chi connectivity index (χ0v) is 14.5. The van der Waals surface area contributed by atoms with E-state index in [0.29, 0.717) is 30.9 Å². The van der Waals surface area contributed by atoms with Gasteiger partial charge in [0.15, 0.2) is 0 Å². The summed E-state index contributed by atoms with van der Waals surface area (Å²) in [4.78, 5) is 22.2. The van der Waals surface area contributed by atoms with Gasteiger partial charge in [0.05, 0.1) is 29.0 Å². The Balaban J connectivity index is 0.00000312. The molecule has 0 unspecified atom stereocenters. The molecule has 0 aliphatic heterocycles. The van der Waals surface area contributed by atoms with Crippen LogP contribution in [0.1, 0.15) is 10.4 Å². The number of nitrogens with zero attached hydrogens (tertiary/aromatic N) is 3. The lowest BCUT2D eigenvalue weighted by molar-refractivity contribution is -0.384. The van der Waals surface area contributed by atoms with Crippen molar-refractivity contribution in [2.24, 2.45) is 0 Å². The van der Waals surface area contributed by atoms with Gasteiger partial charge in [0.1, 0.15) is 0 Å². The van der Waals surface area contributed by atoms with E-state index in [1.54, 1.807) is 25.4 Å². The molecule has 0 saturated carbocycles. The Hall–Kier alpha value is -2.49. The standard InChI is InChI=1S/C15H19N5O4.ClH/c1-24-9-8-16-6-7-17-15(21)12-10-18-19(11-12)13-2-4-14(5-3-13)20(22)23;/h2-5,10-11,16H,6-9H2,1H3,(H,17,21);1H. The third-order valence-electron chi connectivity index (χ3n) is 3.24. The van der Waals surface area contributed by atoms with Gasteiger partial charge in [-0.3, -0.25) is 14.9 Å². The first kappa shape index (κ1) is 20.6. The van der Waals surface area contributed by atoms with Crippen molar-refractivity contribution in [2.75, 3.05) is 33.4 Å². The van der Waals surface area contributed by atoms with Crippen molar-refractivity contribution >= 4 is 24.0 Å². The molecule has 1 aromatic carbocycles. The Labute approximate surface area is 150 Å². The Bertz CT molecular complexity index is 689. The number of nitro benzene ring substituents is 1. The van der Waals surface area contributed by atoms with Gasteiger partial charge in [-0.25, -0.2) is 4.68 Å². The Morgan fingerprint density at radius 1 is 1.28 bits per heavy atom. The molecule has 0 aliphatic rings. The number of nitro groups is 1. The molecule has 0 spiro atoms. The molecule has 9 nitrogen and oxygen atoms in total. The van der Waals surface area contributed by atoms with Crippen molar-refractivity contribution in [2.45, 2.75) is 0 Å². The smallest absolute Gasteiger partial charge is 0.269 e. The van der Waals surface area contributed by atoms with Gasteiger partial charge in [0, 0.05) is 45.1 Å². The van der Waals surface area contributed by atoms with Crippen LogP contribution in [0.15, 0.2) is 36.7 Å². The van der Waals surface area contributed by atoms with Crippen LogP contribution in [0, 0.1) is 10.1 Å². The molecule has 136 valence electrons. The predicted octanol–water partition coefficient (Wildman–Crippen LogP) is 1.17. The molecule has 10 heteroatoms. The van der Waals surface area contributed by atoms with E-state index in [0.717, 1.165) is 6.54 Å². The number of amides is 1. The number of methoxy groups -OCH3 is 1. The number of rotatable bonds is 9. The maximum atomic E-state index is 12.0. The van der Waals surface area contributed by atoms with Crippen molar-refractivity contribution in [1.29, 1.82) is 0 Å². The number of hydrogen-bond donors (Lipinski definition) is 2. The fraction of sp³-hybridized carbons (Fsp3) is 0.333. The monoisotopic (exact) mass is 369 g/mol. The summed E-state index contributed by atoms with van der Waals surface area (Å²) >= 11 is 0. The molecule has 1 aromatic heterocycles. The van der Waals surface area contributed by atoms with Crippen LogP contribution in [0.25, 0.3) is 5.69 Å². The second kappa shape index (κ2) is 10.4. The van der Waals surface area contributed by atoms with Gasteiger partial charge in [-0.1, -0.05) is 0 Å². The number of aromatic nitrogens is 2. The van der Waals surface area contributed by atoms with Crippen molar-refractivity contribution < 1.29 is 14.5 Å². The fourth-order valence-corrected chi connectivity index (χ4v) is 1.97. The molecule has 2 aromatic rings. The number of halogens is 1. The quantitative estimate of drug-likeness (QED) is 0.390. The first-order valence-corrected chi connectivity index (χ1v) is 7.39. The molecule has 25 heavy (non-hydrogen) atoms. The van der Waals surface area contributed by atoms with E-state index in [-0.39, 0.29) is 24.0 Å². The normalized spacial score (nSPS) is 10.1. The third-order valence-corrected chi connectivity index (χ3v) is 3.24. The zero-order chi connectivity index (χ0) is 17.4. The van der Waals surface area contributed by atoms with E-state index in [1.807, 2.05) is 0 Å². The minimum absolute atomic E-state index is 0. The number of non-ortho nitro benzene ring substituents is 1. The molecular weight excluding hydrogens is 350 g/mol. The van der Waals surface area contributed by atoms with E-state index >= 15 is 0 Å². The molecule has 0 fully saturated rings. The summed E-state index contributed by atoms with van der Waals surface area (Å²) in [5.41, 5.74) is 1.07. The van der Waals surface area contributed by atoms with Crippen LogP contribution in [0.3, 0.4) is 0 Å². The lowest BCUT2D eigenvalue weighted by atomic mass is 10.3. The van der Waals surface area contributed by atoms with Crippen LogP contribution in [0.5, 0.6) is 0 Å². The minimum Gasteiger partial charge on any atom is -0.383 e. The summed E-state index contributed by atoms with van der Waals surface area (Å²) in [7, 11) is 1.63. The van der Waals surface area contributed by atoms with E-state index in [2.05, 4.69) is 15.7 Å². The minimum atomic E-state index is -0.466. The van der Waals surface area contributed by atoms with Gasteiger partial charge in [0.25, 0.3) is 11.6 Å². The van der Waals surface area contributed by atoms with Crippen molar-refractivity contribution in [3.05, 3.63) is 52.3 Å². The number of carbonyl (C=O) groups excluding carboxylic acids is 1. The summed E-state index contributed by atoms with van der Waals surface area (Å²) in [5.74, 6) is -0.225. The summed E-state index contributed by atoms with van der Waals surface area (Å²) in [6.45, 7) is 2.48. The lowest BCUT2D eigenvalue weighted by Crippen LogP contribution is -2.32. The van der Waals surface area contributed by atoms with Crippen molar-refractivity contribution in [1.82, 2.24) is 20.4 Å². The van der Waals surface area contributed by atoms with Crippen LogP contribution >= 0.6 is 12.4 Å². The van der Waals surface area contributed by atoms with Gasteiger partial charge < -0.3 is 15.4 Å². The summed E-state index contributed by atoms with van der Waals surface area (Å²) in [6.07, 6.45) is 3.03. The molecule has 0 atom stereocenters. The fourth-order valence-electron chi connectivity index (χ4n) is 1.97. The third kappa shape index (κ3) is 6.14. The number of hydrogen-bond acceptors (Lipinski definition) is 6. The first-order chi connectivity index (χ1) is 11.6. The van der Waals surface area contributed by atoms with Crippen LogP contribution < -0.4 is 10.6 Å². The SMILES string of the molecule is COCCNCCNC(=O)c1cnn(-c2ccc([N+](=O)[O-])cc2)c1.Cl. The Morgan fingerprint density at radius 3 is 2.64 bits per heavy atom. The van der Waals surface area contributed by atoms with Crippen LogP contribution in [-0.2, 0) is 4.74 Å². The van der Waals surface area contributed by atoms with E-state index < -0.39 is 4.92 Å². The van der Waals surface area contributed by atoms with E-state index in [4.69, 9.17) is 4.74 Å². The molecule has 0 bridgehead atoms. The first-order valence-electron chi connectivity index (χ1n) is 7.39. The van der Waals surface area contributed by atoms with E-state index in [9.17, 15) is 14.9 Å². The topological polar surface area (TPSA) is 111 Å². The van der Waals surface area contributed by atoms with Gasteiger partial charge >= 0.3 is 0 Å². The predicted molar refractivity (Wildman–Crippen MR) is 94.5 cm³/mol. The lowest BCUT2D eigenvalue weighted by Gasteiger charge is -2.05. The molecule has 1 heterocycles. The van der Waals surface area contributed by atoms with Crippen LogP contribution in [0.2, 0.25) is 0 Å². The highest BCUT2D eigenvalue weighted by Gasteiger charge is 2.10. The number of nitrogens with one attached hydrogen (secondary N) is 2. The average molecular weight is 370 g/mol. The molecule has 0 aliphatic carbocycles. The summed E-state index contributed by atoms with van der Waals surface area (Å²) in [6, 6.07) is 5.93. The maximum Gasteiger partial charge on any atom is 0.269 e. The summed E-state index contributed by atoms with van der Waals surface area (Å²) in [5, 5.41) is 20.7. The van der Waals surface area contributed by atoms with Crippen molar-refractivity contribution in [3.63, 3.8) is 0 Å². The van der Waals surface area contributed by atoms with Gasteiger partial charge in [-0.2, -0.15) is 5.10 Å². The Morgan fingerprint density at radius 2 is 2.00 bits per heavy atom. The second-order valence-electron chi connectivity index (χ2n) is 4.95. The van der Waals surface area contributed by atoms with Gasteiger partial charge in [-0.15, -0.1) is 12.4 Å². The molecule has 0 saturated heterocycles. The summed E-state index contributed by atoms with van der Waals surface area (Å²) < 4.78 is 6.40. The van der Waals surface area contributed by atoms with E-state index in [1.165, 1.54) is 23.0 Å². The molecule has 2 rings (SSSR count). The second-order valence-corrected chi connectivity index (χ2v) is 4.95. The maximum absolute atomic E-state index is 12.0. The number of carbonyl (C=O) groups is 1. The molecule has 1 amide bonds. The number of benzene rings is 1. The average Bonchev–Trinajstić information content (AvgIpc) is 3.08. The zero-order valence-electron chi connectivity index (χ0n) is 13.7. The molecule has 2 N–H and O–H groups in total. The van der Waals surface area contributed by atoms with Crippen molar-refractivity contribution in [3.8, 4) is 5.69 Å².